The van der Waals surface area contributed by atoms with Crippen molar-refractivity contribution in [1.29, 1.82) is 0 Å². The van der Waals surface area contributed by atoms with E-state index < -0.39 is 10.0 Å². The minimum Gasteiger partial charge on any atom is -0.303 e. The van der Waals surface area contributed by atoms with E-state index in [0.29, 0.717) is 18.0 Å². The van der Waals surface area contributed by atoms with Crippen LogP contribution in [0.5, 0.6) is 0 Å². The van der Waals surface area contributed by atoms with Crippen LogP contribution in [-0.4, -0.2) is 44.3 Å². The van der Waals surface area contributed by atoms with Gasteiger partial charge in [0, 0.05) is 19.6 Å². The van der Waals surface area contributed by atoms with Gasteiger partial charge in [0.25, 0.3) is 0 Å². The number of piperazine rings is 1. The van der Waals surface area contributed by atoms with Gasteiger partial charge in [-0.25, -0.2) is 8.42 Å². The van der Waals surface area contributed by atoms with Gasteiger partial charge in [-0.05, 0) is 35.5 Å². The Kier molecular flexibility index (Phi) is 4.53. The monoisotopic (exact) mass is 366 g/mol. The maximum absolute atomic E-state index is 13.4. The number of benzene rings is 3. The second-order valence-electron chi connectivity index (χ2n) is 6.81. The van der Waals surface area contributed by atoms with Crippen LogP contribution in [0.2, 0.25) is 0 Å². The Balaban J connectivity index is 1.76. The van der Waals surface area contributed by atoms with E-state index in [-0.39, 0.29) is 6.04 Å². The standard InChI is InChI=1S/C21H22N2O2S/c1-22-13-14-23(21(16-22)18-8-3-2-4-9-18)26(24,25)20-12-11-17-7-5-6-10-19(17)15-20/h2-12,15,21H,13-14,16H2,1H3. The van der Waals surface area contributed by atoms with Gasteiger partial charge in [-0.1, -0.05) is 60.7 Å². The van der Waals surface area contributed by atoms with E-state index in [0.717, 1.165) is 22.9 Å². The van der Waals surface area contributed by atoms with Crippen LogP contribution in [0.4, 0.5) is 0 Å². The van der Waals surface area contributed by atoms with Crippen LogP contribution in [0.25, 0.3) is 10.8 Å². The minimum atomic E-state index is -3.57. The lowest BCUT2D eigenvalue weighted by atomic mass is 10.1. The van der Waals surface area contributed by atoms with Crippen molar-refractivity contribution in [1.82, 2.24) is 9.21 Å². The Labute approximate surface area is 154 Å². The quantitative estimate of drug-likeness (QED) is 0.712. The van der Waals surface area contributed by atoms with Crippen molar-refractivity contribution in [2.24, 2.45) is 0 Å². The number of nitrogens with zero attached hydrogens (tertiary/aromatic N) is 2. The molecule has 1 heterocycles. The summed E-state index contributed by atoms with van der Waals surface area (Å²) in [5, 5.41) is 1.99. The highest BCUT2D eigenvalue weighted by atomic mass is 32.2. The van der Waals surface area contributed by atoms with E-state index >= 15 is 0 Å². The minimum absolute atomic E-state index is 0.175. The van der Waals surface area contributed by atoms with Crippen molar-refractivity contribution in [2.75, 3.05) is 26.7 Å². The molecule has 0 bridgehead atoms. The number of likely N-dealkylation sites (N-methyl/N-ethyl adjacent to an activating group) is 1. The lowest BCUT2D eigenvalue weighted by Gasteiger charge is -2.39. The molecule has 4 rings (SSSR count). The van der Waals surface area contributed by atoms with E-state index in [9.17, 15) is 8.42 Å². The molecule has 1 fully saturated rings. The van der Waals surface area contributed by atoms with E-state index in [4.69, 9.17) is 0 Å². The number of fused-ring (bicyclic) bond motifs is 1. The molecule has 0 aliphatic carbocycles. The number of hydrogen-bond acceptors (Lipinski definition) is 3. The van der Waals surface area contributed by atoms with Crippen molar-refractivity contribution >= 4 is 20.8 Å². The molecule has 0 spiro atoms. The fraction of sp³-hybridized carbons (Fsp3) is 0.238. The molecule has 1 saturated heterocycles. The molecule has 26 heavy (non-hydrogen) atoms. The summed E-state index contributed by atoms with van der Waals surface area (Å²) in [4.78, 5) is 2.55. The highest BCUT2D eigenvalue weighted by Gasteiger charge is 2.36. The van der Waals surface area contributed by atoms with E-state index in [1.54, 1.807) is 16.4 Å². The van der Waals surface area contributed by atoms with Crippen molar-refractivity contribution in [3.05, 3.63) is 78.4 Å². The first kappa shape index (κ1) is 17.2. The predicted octanol–water partition coefficient (Wildman–Crippen LogP) is 3.52. The second kappa shape index (κ2) is 6.83. The maximum atomic E-state index is 13.4. The van der Waals surface area contributed by atoms with E-state index in [2.05, 4.69) is 4.90 Å². The van der Waals surface area contributed by atoms with Crippen LogP contribution in [0, 0.1) is 0 Å². The van der Waals surface area contributed by atoms with Gasteiger partial charge in [0.1, 0.15) is 0 Å². The number of rotatable bonds is 3. The molecule has 1 unspecified atom stereocenters. The van der Waals surface area contributed by atoms with Gasteiger partial charge in [-0.2, -0.15) is 4.31 Å². The highest BCUT2D eigenvalue weighted by molar-refractivity contribution is 7.89. The fourth-order valence-electron chi connectivity index (χ4n) is 3.60. The first-order valence-electron chi connectivity index (χ1n) is 8.80. The molecule has 1 aliphatic rings. The Bertz CT molecular complexity index is 1020. The summed E-state index contributed by atoms with van der Waals surface area (Å²) in [5.74, 6) is 0. The Hall–Kier alpha value is -2.21. The topological polar surface area (TPSA) is 40.6 Å². The zero-order chi connectivity index (χ0) is 18.1. The third-order valence-electron chi connectivity index (χ3n) is 5.05. The second-order valence-corrected chi connectivity index (χ2v) is 8.70. The summed E-state index contributed by atoms with van der Waals surface area (Å²) in [6, 6.07) is 22.9. The normalized spacial score (nSPS) is 19.7. The molecule has 0 saturated carbocycles. The van der Waals surface area contributed by atoms with Crippen LogP contribution in [0.15, 0.2) is 77.7 Å². The summed E-state index contributed by atoms with van der Waals surface area (Å²) in [7, 11) is -1.53. The average molecular weight is 366 g/mol. The fourth-order valence-corrected chi connectivity index (χ4v) is 5.23. The van der Waals surface area contributed by atoms with Gasteiger partial charge < -0.3 is 4.90 Å². The molecular weight excluding hydrogens is 344 g/mol. The molecule has 5 heteroatoms. The molecule has 3 aromatic carbocycles. The van der Waals surface area contributed by atoms with Gasteiger partial charge in [-0.15, -0.1) is 0 Å². The van der Waals surface area contributed by atoms with Crippen LogP contribution < -0.4 is 0 Å². The molecule has 0 radical (unpaired) electrons. The summed E-state index contributed by atoms with van der Waals surface area (Å²) in [6.07, 6.45) is 0. The molecule has 0 amide bonds. The summed E-state index contributed by atoms with van der Waals surface area (Å²) >= 11 is 0. The molecule has 0 aromatic heterocycles. The molecule has 4 nitrogen and oxygen atoms in total. The van der Waals surface area contributed by atoms with Crippen LogP contribution in [0.3, 0.4) is 0 Å². The average Bonchev–Trinajstić information content (AvgIpc) is 2.68. The summed E-state index contributed by atoms with van der Waals surface area (Å²) < 4.78 is 28.5. The van der Waals surface area contributed by atoms with Gasteiger partial charge in [0.2, 0.25) is 10.0 Å². The van der Waals surface area contributed by atoms with Crippen molar-refractivity contribution in [3.8, 4) is 0 Å². The van der Waals surface area contributed by atoms with Crippen molar-refractivity contribution in [3.63, 3.8) is 0 Å². The van der Waals surface area contributed by atoms with Gasteiger partial charge in [-0.3, -0.25) is 0 Å². The lowest BCUT2D eigenvalue weighted by Crippen LogP contribution is -2.49. The highest BCUT2D eigenvalue weighted by Crippen LogP contribution is 2.31. The lowest BCUT2D eigenvalue weighted by molar-refractivity contribution is 0.161. The van der Waals surface area contributed by atoms with Gasteiger partial charge in [0.15, 0.2) is 0 Å². The molecule has 1 aliphatic heterocycles. The Morgan fingerprint density at radius 2 is 1.54 bits per heavy atom. The zero-order valence-electron chi connectivity index (χ0n) is 14.7. The molecule has 0 N–H and O–H groups in total. The van der Waals surface area contributed by atoms with Crippen LogP contribution in [-0.2, 0) is 10.0 Å². The first-order valence-corrected chi connectivity index (χ1v) is 10.2. The largest absolute Gasteiger partial charge is 0.303 e. The van der Waals surface area contributed by atoms with Crippen molar-refractivity contribution < 1.29 is 8.42 Å². The first-order chi connectivity index (χ1) is 12.6. The van der Waals surface area contributed by atoms with Crippen LogP contribution >= 0.6 is 0 Å². The third kappa shape index (κ3) is 3.14. The number of hydrogen-bond donors (Lipinski definition) is 0. The predicted molar refractivity (Wildman–Crippen MR) is 105 cm³/mol. The van der Waals surface area contributed by atoms with Crippen molar-refractivity contribution in [2.45, 2.75) is 10.9 Å². The molecule has 1 atom stereocenters. The molecule has 3 aromatic rings. The molecule has 134 valence electrons. The van der Waals surface area contributed by atoms with Gasteiger partial charge >= 0.3 is 0 Å². The maximum Gasteiger partial charge on any atom is 0.243 e. The third-order valence-corrected chi connectivity index (χ3v) is 6.95. The zero-order valence-corrected chi connectivity index (χ0v) is 15.6. The Morgan fingerprint density at radius 3 is 2.31 bits per heavy atom. The summed E-state index contributed by atoms with van der Waals surface area (Å²) in [6.45, 7) is 1.91. The smallest absolute Gasteiger partial charge is 0.243 e. The SMILES string of the molecule is CN1CCN(S(=O)(=O)c2ccc3ccccc3c2)C(c2ccccc2)C1. The van der Waals surface area contributed by atoms with E-state index in [1.807, 2.05) is 67.7 Å². The van der Waals surface area contributed by atoms with E-state index in [1.165, 1.54) is 0 Å². The van der Waals surface area contributed by atoms with Crippen LogP contribution in [0.1, 0.15) is 11.6 Å². The number of sulfonamides is 1. The van der Waals surface area contributed by atoms with Gasteiger partial charge in [0.05, 0.1) is 10.9 Å². The molecular formula is C21H22N2O2S. The Morgan fingerprint density at radius 1 is 0.846 bits per heavy atom. The summed E-state index contributed by atoms with van der Waals surface area (Å²) in [5.41, 5.74) is 1.03.